The summed E-state index contributed by atoms with van der Waals surface area (Å²) in [6, 6.07) is 11.3. The molecule has 2 aromatic carbocycles. The van der Waals surface area contributed by atoms with Crippen molar-refractivity contribution in [1.82, 2.24) is 14.9 Å². The zero-order valence-corrected chi connectivity index (χ0v) is 16.5. The van der Waals surface area contributed by atoms with E-state index in [1.807, 2.05) is 6.92 Å². The number of carbonyl (C=O) groups excluding carboxylic acids is 1. The van der Waals surface area contributed by atoms with Crippen molar-refractivity contribution >= 4 is 22.5 Å². The molecule has 0 spiro atoms. The molecule has 1 amide bonds. The Bertz CT molecular complexity index is 1110. The molecule has 30 heavy (non-hydrogen) atoms. The van der Waals surface area contributed by atoms with Gasteiger partial charge in [0.25, 0.3) is 5.56 Å². The van der Waals surface area contributed by atoms with Gasteiger partial charge in [0.2, 0.25) is 5.91 Å². The van der Waals surface area contributed by atoms with Crippen LogP contribution < -0.4 is 10.9 Å². The summed E-state index contributed by atoms with van der Waals surface area (Å²) in [5, 5.41) is 2.79. The predicted octanol–water partition coefficient (Wildman–Crippen LogP) is 3.96. The van der Waals surface area contributed by atoms with Gasteiger partial charge in [0.05, 0.1) is 34.7 Å². The van der Waals surface area contributed by atoms with E-state index >= 15 is 0 Å². The van der Waals surface area contributed by atoms with Crippen LogP contribution in [0.25, 0.3) is 10.9 Å². The molecule has 6 nitrogen and oxygen atoms in total. The number of nitrogens with one attached hydrogen (secondary N) is 2. The van der Waals surface area contributed by atoms with Crippen molar-refractivity contribution < 1.29 is 18.0 Å². The predicted molar refractivity (Wildman–Crippen MR) is 108 cm³/mol. The number of likely N-dealkylation sites (N-methyl/N-ethyl adjacent to an activating group) is 1. The van der Waals surface area contributed by atoms with Crippen molar-refractivity contribution in [3.05, 3.63) is 70.3 Å². The highest BCUT2D eigenvalue weighted by Gasteiger charge is 2.33. The summed E-state index contributed by atoms with van der Waals surface area (Å²) in [7, 11) is 0. The Balaban J connectivity index is 1.79. The molecular formula is C21H21F3N4O2. The average Bonchev–Trinajstić information content (AvgIpc) is 2.71. The van der Waals surface area contributed by atoms with Crippen LogP contribution in [0.15, 0.2) is 53.3 Å². The number of hydrogen-bond acceptors (Lipinski definition) is 4. The molecule has 1 aromatic heterocycles. The Hall–Kier alpha value is -3.20. The van der Waals surface area contributed by atoms with Crippen molar-refractivity contribution in [1.29, 1.82) is 0 Å². The van der Waals surface area contributed by atoms with Crippen LogP contribution >= 0.6 is 0 Å². The molecule has 9 heteroatoms. The van der Waals surface area contributed by atoms with Crippen molar-refractivity contribution in [2.24, 2.45) is 0 Å². The van der Waals surface area contributed by atoms with Gasteiger partial charge in [-0.25, -0.2) is 4.98 Å². The number of aromatic amines is 1. The highest BCUT2D eigenvalue weighted by Crippen LogP contribution is 2.34. The van der Waals surface area contributed by atoms with E-state index in [-0.39, 0.29) is 17.8 Å². The van der Waals surface area contributed by atoms with E-state index in [1.165, 1.54) is 18.2 Å². The summed E-state index contributed by atoms with van der Waals surface area (Å²) in [5.74, 6) is -0.215. The van der Waals surface area contributed by atoms with Gasteiger partial charge in [-0.1, -0.05) is 31.2 Å². The van der Waals surface area contributed by atoms with Gasteiger partial charge in [-0.2, -0.15) is 13.2 Å². The molecule has 0 aliphatic heterocycles. The smallest absolute Gasteiger partial charge is 0.324 e. The van der Waals surface area contributed by atoms with Crippen LogP contribution in [-0.4, -0.2) is 33.9 Å². The average molecular weight is 418 g/mol. The van der Waals surface area contributed by atoms with E-state index in [4.69, 9.17) is 0 Å². The summed E-state index contributed by atoms with van der Waals surface area (Å²) in [5.41, 5.74) is -0.962. The number of aromatic nitrogens is 2. The van der Waals surface area contributed by atoms with Gasteiger partial charge in [0.1, 0.15) is 5.82 Å². The molecule has 2 N–H and O–H groups in total. The van der Waals surface area contributed by atoms with Crippen molar-refractivity contribution in [3.63, 3.8) is 0 Å². The largest absolute Gasteiger partial charge is 0.418 e. The molecule has 0 radical (unpaired) electrons. The standard InChI is InChI=1S/C21H21F3N4O2/c1-3-28(12-18(29)25-17-11-7-5-9-15(17)21(22,23)24)13(2)19-26-16-10-6-4-8-14(16)20(30)27-19/h4-11,13H,3,12H2,1-2H3,(H,25,29)(H,26,27,30). The van der Waals surface area contributed by atoms with Crippen LogP contribution in [0, 0.1) is 0 Å². The maximum Gasteiger partial charge on any atom is 0.418 e. The number of halogens is 3. The van der Waals surface area contributed by atoms with Crippen LogP contribution in [0.5, 0.6) is 0 Å². The van der Waals surface area contributed by atoms with Gasteiger partial charge in [0, 0.05) is 0 Å². The Labute approximate surface area is 170 Å². The lowest BCUT2D eigenvalue weighted by atomic mass is 10.1. The second-order valence-electron chi connectivity index (χ2n) is 6.80. The zero-order chi connectivity index (χ0) is 21.9. The first-order valence-electron chi connectivity index (χ1n) is 9.39. The number of fused-ring (bicyclic) bond motifs is 1. The normalized spacial score (nSPS) is 12.9. The Morgan fingerprint density at radius 3 is 2.53 bits per heavy atom. The number of para-hydroxylation sites is 2. The lowest BCUT2D eigenvalue weighted by Crippen LogP contribution is -2.36. The maximum atomic E-state index is 13.1. The molecule has 0 saturated heterocycles. The van der Waals surface area contributed by atoms with Crippen LogP contribution in [0.2, 0.25) is 0 Å². The van der Waals surface area contributed by atoms with Crippen LogP contribution in [0.3, 0.4) is 0 Å². The number of H-pyrrole nitrogens is 1. The third-order valence-electron chi connectivity index (χ3n) is 4.83. The molecule has 0 aliphatic carbocycles. The van der Waals surface area contributed by atoms with Gasteiger partial charge in [-0.05, 0) is 37.7 Å². The first-order valence-corrected chi connectivity index (χ1v) is 9.39. The van der Waals surface area contributed by atoms with Crippen LogP contribution in [-0.2, 0) is 11.0 Å². The molecule has 3 aromatic rings. The van der Waals surface area contributed by atoms with Gasteiger partial charge in [0.15, 0.2) is 0 Å². The van der Waals surface area contributed by atoms with E-state index in [0.717, 1.165) is 6.07 Å². The minimum absolute atomic E-state index is 0.166. The highest BCUT2D eigenvalue weighted by atomic mass is 19.4. The molecule has 0 fully saturated rings. The molecule has 158 valence electrons. The lowest BCUT2D eigenvalue weighted by Gasteiger charge is -2.26. The fourth-order valence-corrected chi connectivity index (χ4v) is 3.21. The van der Waals surface area contributed by atoms with Crippen molar-refractivity contribution in [3.8, 4) is 0 Å². The van der Waals surface area contributed by atoms with E-state index in [0.29, 0.717) is 23.3 Å². The van der Waals surface area contributed by atoms with Crippen LogP contribution in [0.4, 0.5) is 18.9 Å². The van der Waals surface area contributed by atoms with Crippen molar-refractivity contribution in [2.45, 2.75) is 26.1 Å². The van der Waals surface area contributed by atoms with E-state index < -0.39 is 23.7 Å². The second kappa shape index (κ2) is 8.66. The number of carbonyl (C=O) groups is 1. The third kappa shape index (κ3) is 4.68. The van der Waals surface area contributed by atoms with Gasteiger partial charge >= 0.3 is 6.18 Å². The first kappa shape index (κ1) is 21.5. The number of benzene rings is 2. The number of rotatable bonds is 6. The van der Waals surface area contributed by atoms with Gasteiger partial charge < -0.3 is 10.3 Å². The number of amides is 1. The molecule has 1 heterocycles. The molecule has 0 saturated carbocycles. The second-order valence-corrected chi connectivity index (χ2v) is 6.80. The zero-order valence-electron chi connectivity index (χ0n) is 16.5. The molecular weight excluding hydrogens is 397 g/mol. The van der Waals surface area contributed by atoms with E-state index in [9.17, 15) is 22.8 Å². The fraction of sp³-hybridized carbons (Fsp3) is 0.286. The minimum Gasteiger partial charge on any atom is -0.324 e. The summed E-state index contributed by atoms with van der Waals surface area (Å²) in [6.45, 7) is 3.84. The lowest BCUT2D eigenvalue weighted by molar-refractivity contribution is -0.137. The monoisotopic (exact) mass is 418 g/mol. The quantitative estimate of drug-likeness (QED) is 0.635. The van der Waals surface area contributed by atoms with E-state index in [2.05, 4.69) is 15.3 Å². The summed E-state index contributed by atoms with van der Waals surface area (Å²) >= 11 is 0. The number of hydrogen-bond donors (Lipinski definition) is 2. The summed E-state index contributed by atoms with van der Waals surface area (Å²) in [6.07, 6.45) is -4.57. The van der Waals surface area contributed by atoms with Crippen LogP contribution in [0.1, 0.15) is 31.3 Å². The Morgan fingerprint density at radius 2 is 1.83 bits per heavy atom. The SMILES string of the molecule is CCN(CC(=O)Nc1ccccc1C(F)(F)F)C(C)c1nc2ccccc2c(=O)[nH]1. The highest BCUT2D eigenvalue weighted by molar-refractivity contribution is 5.93. The molecule has 0 aliphatic rings. The van der Waals surface area contributed by atoms with Crippen molar-refractivity contribution in [2.75, 3.05) is 18.4 Å². The maximum absolute atomic E-state index is 13.1. The fourth-order valence-electron chi connectivity index (χ4n) is 3.21. The Morgan fingerprint density at radius 1 is 1.17 bits per heavy atom. The number of anilines is 1. The minimum atomic E-state index is -4.57. The summed E-state index contributed by atoms with van der Waals surface area (Å²) in [4.78, 5) is 33.7. The third-order valence-corrected chi connectivity index (χ3v) is 4.83. The van der Waals surface area contributed by atoms with E-state index in [1.54, 1.807) is 36.1 Å². The molecule has 3 rings (SSSR count). The van der Waals surface area contributed by atoms with Gasteiger partial charge in [-0.15, -0.1) is 0 Å². The Kier molecular flexibility index (Phi) is 6.21. The number of alkyl halides is 3. The number of nitrogens with zero attached hydrogens (tertiary/aromatic N) is 2. The molecule has 0 bridgehead atoms. The molecule has 1 atom stereocenters. The topological polar surface area (TPSA) is 78.1 Å². The van der Waals surface area contributed by atoms with Gasteiger partial charge in [-0.3, -0.25) is 14.5 Å². The first-order chi connectivity index (χ1) is 14.2. The molecule has 1 unspecified atom stereocenters. The summed E-state index contributed by atoms with van der Waals surface area (Å²) < 4.78 is 39.4.